The summed E-state index contributed by atoms with van der Waals surface area (Å²) in [6.45, 7) is 2.03. The van der Waals surface area contributed by atoms with Gasteiger partial charge in [0.2, 0.25) is 10.0 Å². The van der Waals surface area contributed by atoms with E-state index >= 15 is 0 Å². The first-order valence-corrected chi connectivity index (χ1v) is 11.1. The molecule has 0 atom stereocenters. The Morgan fingerprint density at radius 2 is 1.90 bits per heavy atom. The zero-order valence-corrected chi connectivity index (χ0v) is 17.2. The van der Waals surface area contributed by atoms with Gasteiger partial charge in [-0.3, -0.25) is 10.1 Å². The number of thiazole rings is 1. The van der Waals surface area contributed by atoms with E-state index in [-0.39, 0.29) is 23.8 Å². The van der Waals surface area contributed by atoms with Crippen molar-refractivity contribution < 1.29 is 13.2 Å². The maximum atomic E-state index is 12.5. The molecule has 0 aliphatic rings. The first-order chi connectivity index (χ1) is 13.9. The smallest absolute Gasteiger partial charge is 0.257 e. The van der Waals surface area contributed by atoms with Crippen LogP contribution in [0.5, 0.6) is 0 Å². The fourth-order valence-electron chi connectivity index (χ4n) is 2.59. The number of sulfonamides is 1. The predicted octanol–water partition coefficient (Wildman–Crippen LogP) is 3.56. The van der Waals surface area contributed by atoms with Gasteiger partial charge in [-0.2, -0.15) is 5.26 Å². The SMILES string of the molecule is Cc1ccccc1-c1csc(NC(=O)c2ccc(S(=O)(=O)NCCC#N)cc2)n1. The van der Waals surface area contributed by atoms with E-state index in [0.29, 0.717) is 10.7 Å². The standard InChI is InChI=1S/C20H18N4O3S2/c1-14-5-2-3-6-17(14)18-13-28-20(23-18)24-19(25)15-7-9-16(10-8-15)29(26,27)22-12-4-11-21/h2-3,5-10,13,22H,4,12H2,1H3,(H,23,24,25). The van der Waals surface area contributed by atoms with Crippen molar-refractivity contribution in [2.24, 2.45) is 0 Å². The van der Waals surface area contributed by atoms with Gasteiger partial charge in [0.15, 0.2) is 5.13 Å². The van der Waals surface area contributed by atoms with Gasteiger partial charge < -0.3 is 0 Å². The van der Waals surface area contributed by atoms with Crippen LogP contribution >= 0.6 is 11.3 Å². The number of hydrogen-bond donors (Lipinski definition) is 2. The van der Waals surface area contributed by atoms with Crippen molar-refractivity contribution in [1.29, 1.82) is 5.26 Å². The molecule has 1 aromatic heterocycles. The second kappa shape index (κ2) is 8.96. The van der Waals surface area contributed by atoms with E-state index in [1.165, 1.54) is 35.6 Å². The largest absolute Gasteiger partial charge is 0.298 e. The fourth-order valence-corrected chi connectivity index (χ4v) is 4.33. The van der Waals surface area contributed by atoms with Crippen LogP contribution in [-0.2, 0) is 10.0 Å². The fraction of sp³-hybridized carbons (Fsp3) is 0.150. The Bertz CT molecular complexity index is 1160. The number of rotatable bonds is 7. The van der Waals surface area contributed by atoms with Crippen LogP contribution in [0, 0.1) is 18.3 Å². The molecule has 148 valence electrons. The van der Waals surface area contributed by atoms with Gasteiger partial charge >= 0.3 is 0 Å². The second-order valence-corrected chi connectivity index (χ2v) is 8.76. The summed E-state index contributed by atoms with van der Waals surface area (Å²) in [4.78, 5) is 16.9. The normalized spacial score (nSPS) is 11.0. The van der Waals surface area contributed by atoms with E-state index in [2.05, 4.69) is 15.0 Å². The predicted molar refractivity (Wildman–Crippen MR) is 112 cm³/mol. The minimum atomic E-state index is -3.71. The highest BCUT2D eigenvalue weighted by atomic mass is 32.2. The Hall–Kier alpha value is -3.06. The summed E-state index contributed by atoms with van der Waals surface area (Å²) in [5, 5.41) is 13.6. The highest BCUT2D eigenvalue weighted by Crippen LogP contribution is 2.27. The molecule has 0 radical (unpaired) electrons. The molecule has 0 saturated carbocycles. The van der Waals surface area contributed by atoms with Crippen LogP contribution < -0.4 is 10.0 Å². The number of benzene rings is 2. The number of carbonyl (C=O) groups is 1. The Kier molecular flexibility index (Phi) is 6.39. The van der Waals surface area contributed by atoms with Gasteiger partial charge in [0.05, 0.1) is 16.7 Å². The van der Waals surface area contributed by atoms with Crippen LogP contribution in [0.25, 0.3) is 11.3 Å². The first kappa shape index (κ1) is 20.7. The molecule has 2 aromatic carbocycles. The summed E-state index contributed by atoms with van der Waals surface area (Å²) < 4.78 is 26.6. The molecule has 0 aliphatic heterocycles. The van der Waals surface area contributed by atoms with Crippen molar-refractivity contribution in [1.82, 2.24) is 9.71 Å². The van der Waals surface area contributed by atoms with E-state index in [1.807, 2.05) is 42.6 Å². The topological polar surface area (TPSA) is 112 Å². The molecule has 0 spiro atoms. The molecule has 0 saturated heterocycles. The number of carbonyl (C=O) groups excluding carboxylic acids is 1. The summed E-state index contributed by atoms with van der Waals surface area (Å²) in [6.07, 6.45) is 0.0814. The molecule has 0 unspecified atom stereocenters. The number of nitriles is 1. The number of aromatic nitrogens is 1. The number of anilines is 1. The quantitative estimate of drug-likeness (QED) is 0.561. The molecule has 3 rings (SSSR count). The zero-order valence-electron chi connectivity index (χ0n) is 15.5. The van der Waals surface area contributed by atoms with Gasteiger partial charge in [0.1, 0.15) is 0 Å². The van der Waals surface area contributed by atoms with E-state index in [4.69, 9.17) is 5.26 Å². The number of nitrogens with one attached hydrogen (secondary N) is 2. The molecule has 7 nitrogen and oxygen atoms in total. The van der Waals surface area contributed by atoms with Gasteiger partial charge in [-0.1, -0.05) is 24.3 Å². The number of amides is 1. The zero-order chi connectivity index (χ0) is 20.9. The molecule has 0 fully saturated rings. The molecule has 29 heavy (non-hydrogen) atoms. The number of aryl methyl sites for hydroxylation is 1. The van der Waals surface area contributed by atoms with E-state index < -0.39 is 10.0 Å². The van der Waals surface area contributed by atoms with Crippen molar-refractivity contribution in [3.8, 4) is 17.3 Å². The lowest BCUT2D eigenvalue weighted by Crippen LogP contribution is -2.24. The molecule has 0 bridgehead atoms. The molecule has 0 aliphatic carbocycles. The summed E-state index contributed by atoms with van der Waals surface area (Å²) in [5.41, 5.74) is 3.19. The van der Waals surface area contributed by atoms with Crippen LogP contribution in [0.4, 0.5) is 5.13 Å². The third-order valence-corrected chi connectivity index (χ3v) is 6.34. The average Bonchev–Trinajstić information content (AvgIpc) is 3.16. The van der Waals surface area contributed by atoms with Gasteiger partial charge in [-0.15, -0.1) is 11.3 Å². The highest BCUT2D eigenvalue weighted by molar-refractivity contribution is 7.89. The van der Waals surface area contributed by atoms with Crippen molar-refractivity contribution >= 4 is 32.4 Å². The molecular formula is C20H18N4O3S2. The molecule has 9 heteroatoms. The average molecular weight is 427 g/mol. The van der Waals surface area contributed by atoms with E-state index in [0.717, 1.165) is 16.8 Å². The minimum absolute atomic E-state index is 0.0306. The Balaban J connectivity index is 1.69. The summed E-state index contributed by atoms with van der Waals surface area (Å²) in [5.74, 6) is -0.378. The third kappa shape index (κ3) is 5.06. The van der Waals surface area contributed by atoms with Crippen LogP contribution in [0.2, 0.25) is 0 Å². The maximum Gasteiger partial charge on any atom is 0.257 e. The third-order valence-electron chi connectivity index (χ3n) is 4.10. The number of nitrogens with zero attached hydrogens (tertiary/aromatic N) is 2. The van der Waals surface area contributed by atoms with Crippen LogP contribution in [-0.4, -0.2) is 25.9 Å². The van der Waals surface area contributed by atoms with Gasteiger partial charge in [0.25, 0.3) is 5.91 Å². The summed E-state index contributed by atoms with van der Waals surface area (Å²) >= 11 is 1.32. The monoisotopic (exact) mass is 426 g/mol. The van der Waals surface area contributed by atoms with Crippen LogP contribution in [0.1, 0.15) is 22.3 Å². The maximum absolute atomic E-state index is 12.5. The van der Waals surface area contributed by atoms with E-state index in [9.17, 15) is 13.2 Å². The minimum Gasteiger partial charge on any atom is -0.298 e. The Labute approximate surface area is 173 Å². The Morgan fingerprint density at radius 3 is 2.59 bits per heavy atom. The van der Waals surface area contributed by atoms with Gasteiger partial charge in [-0.25, -0.2) is 18.1 Å². The van der Waals surface area contributed by atoms with Crippen molar-refractivity contribution in [3.05, 3.63) is 65.0 Å². The lowest BCUT2D eigenvalue weighted by atomic mass is 10.1. The van der Waals surface area contributed by atoms with Crippen LogP contribution in [0.3, 0.4) is 0 Å². The van der Waals surface area contributed by atoms with Crippen molar-refractivity contribution in [2.45, 2.75) is 18.2 Å². The number of hydrogen-bond acceptors (Lipinski definition) is 6. The van der Waals surface area contributed by atoms with Gasteiger partial charge in [0, 0.05) is 29.5 Å². The van der Waals surface area contributed by atoms with E-state index in [1.54, 1.807) is 0 Å². The molecule has 2 N–H and O–H groups in total. The highest BCUT2D eigenvalue weighted by Gasteiger charge is 2.15. The van der Waals surface area contributed by atoms with Crippen molar-refractivity contribution in [3.63, 3.8) is 0 Å². The Morgan fingerprint density at radius 1 is 1.17 bits per heavy atom. The molecule has 1 heterocycles. The second-order valence-electron chi connectivity index (χ2n) is 6.14. The lowest BCUT2D eigenvalue weighted by molar-refractivity contribution is 0.102. The van der Waals surface area contributed by atoms with Crippen molar-refractivity contribution in [2.75, 3.05) is 11.9 Å². The lowest BCUT2D eigenvalue weighted by Gasteiger charge is -2.06. The molecule has 3 aromatic rings. The van der Waals surface area contributed by atoms with Gasteiger partial charge in [-0.05, 0) is 36.8 Å². The summed E-state index contributed by atoms with van der Waals surface area (Å²) in [7, 11) is -3.71. The summed E-state index contributed by atoms with van der Waals surface area (Å²) in [6, 6.07) is 15.3. The molecular weight excluding hydrogens is 408 g/mol. The first-order valence-electron chi connectivity index (χ1n) is 8.70. The molecule has 1 amide bonds. The van der Waals surface area contributed by atoms with Crippen LogP contribution in [0.15, 0.2) is 58.8 Å².